The van der Waals surface area contributed by atoms with Crippen molar-refractivity contribution in [3.05, 3.63) is 46.3 Å². The molecule has 1 fully saturated rings. The van der Waals surface area contributed by atoms with Gasteiger partial charge >= 0.3 is 6.01 Å². The molecular formula is C18H15ClF2N4O4S2. The van der Waals surface area contributed by atoms with Gasteiger partial charge in [-0.2, -0.15) is 4.31 Å². The Bertz CT molecular complexity index is 1220. The minimum absolute atomic E-state index is 0.0957. The number of nitrogens with zero attached hydrogens (tertiary/aromatic N) is 3. The van der Waals surface area contributed by atoms with Gasteiger partial charge in [-0.1, -0.05) is 16.7 Å². The minimum Gasteiger partial charge on any atom is -0.403 e. The van der Waals surface area contributed by atoms with Crippen LogP contribution in [0.4, 0.5) is 14.8 Å². The molecule has 0 radical (unpaired) electrons. The smallest absolute Gasteiger partial charge is 0.322 e. The van der Waals surface area contributed by atoms with E-state index in [0.29, 0.717) is 23.2 Å². The standard InChI is InChI=1S/C18H15ClF2N4O4S2/c19-14-3-4-15(30-14)31(27,28)25-7-5-10(6-8-25)16(26)22-18-24-23-17(29-18)12-2-1-11(20)9-13(12)21/h1-4,9-10H,5-8H2,(H,22,24,26). The van der Waals surface area contributed by atoms with E-state index < -0.39 is 33.5 Å². The summed E-state index contributed by atoms with van der Waals surface area (Å²) in [6.45, 7) is 0.345. The van der Waals surface area contributed by atoms with Crippen LogP contribution in [0.25, 0.3) is 11.5 Å². The fourth-order valence-electron chi connectivity index (χ4n) is 3.17. The van der Waals surface area contributed by atoms with Crippen molar-refractivity contribution in [2.24, 2.45) is 5.92 Å². The summed E-state index contributed by atoms with van der Waals surface area (Å²) in [5.41, 5.74) is -0.0957. The Balaban J connectivity index is 1.37. The highest BCUT2D eigenvalue weighted by Crippen LogP contribution is 2.31. The number of thiophene rings is 1. The van der Waals surface area contributed by atoms with E-state index in [1.807, 2.05) is 0 Å². The van der Waals surface area contributed by atoms with E-state index in [1.165, 1.54) is 16.4 Å². The summed E-state index contributed by atoms with van der Waals surface area (Å²) in [4.78, 5) is 12.5. The van der Waals surface area contributed by atoms with Gasteiger partial charge in [0, 0.05) is 25.1 Å². The average Bonchev–Trinajstić information content (AvgIpc) is 3.37. The van der Waals surface area contributed by atoms with E-state index in [1.54, 1.807) is 0 Å². The fourth-order valence-corrected chi connectivity index (χ4v) is 6.28. The minimum atomic E-state index is -3.65. The van der Waals surface area contributed by atoms with Crippen LogP contribution < -0.4 is 5.32 Å². The van der Waals surface area contributed by atoms with E-state index in [9.17, 15) is 22.0 Å². The second-order valence-corrected chi connectivity index (χ2v) is 10.6. The first-order chi connectivity index (χ1) is 14.7. The Kier molecular flexibility index (Phi) is 6.06. The molecule has 31 heavy (non-hydrogen) atoms. The molecule has 13 heteroatoms. The Morgan fingerprint density at radius 2 is 1.94 bits per heavy atom. The molecule has 0 aliphatic carbocycles. The third kappa shape index (κ3) is 4.61. The predicted octanol–water partition coefficient (Wildman–Crippen LogP) is 3.77. The molecule has 1 amide bonds. The highest BCUT2D eigenvalue weighted by molar-refractivity contribution is 7.91. The van der Waals surface area contributed by atoms with Gasteiger partial charge in [0.25, 0.3) is 15.9 Å². The summed E-state index contributed by atoms with van der Waals surface area (Å²) in [7, 11) is -3.65. The van der Waals surface area contributed by atoms with Crippen LogP contribution >= 0.6 is 22.9 Å². The number of amides is 1. The second kappa shape index (κ2) is 8.61. The van der Waals surface area contributed by atoms with Crippen LogP contribution in [0.2, 0.25) is 4.34 Å². The van der Waals surface area contributed by atoms with Gasteiger partial charge in [0.15, 0.2) is 0 Å². The number of aromatic nitrogens is 2. The first-order valence-electron chi connectivity index (χ1n) is 9.09. The number of hydrogen-bond acceptors (Lipinski definition) is 7. The van der Waals surface area contributed by atoms with Gasteiger partial charge in [-0.25, -0.2) is 17.2 Å². The molecular weight excluding hydrogens is 474 g/mol. The Hall–Kier alpha value is -2.41. The van der Waals surface area contributed by atoms with Crippen molar-refractivity contribution in [3.63, 3.8) is 0 Å². The molecule has 0 atom stereocenters. The van der Waals surface area contributed by atoms with Gasteiger partial charge in [0.2, 0.25) is 5.91 Å². The van der Waals surface area contributed by atoms with Gasteiger partial charge in [-0.3, -0.25) is 10.1 Å². The number of carbonyl (C=O) groups excluding carboxylic acids is 1. The van der Waals surface area contributed by atoms with Crippen LogP contribution in [0.3, 0.4) is 0 Å². The lowest BCUT2D eigenvalue weighted by Gasteiger charge is -2.29. The van der Waals surface area contributed by atoms with Gasteiger partial charge in [0.05, 0.1) is 9.90 Å². The Morgan fingerprint density at radius 3 is 2.58 bits per heavy atom. The van der Waals surface area contributed by atoms with Crippen molar-refractivity contribution in [2.45, 2.75) is 17.1 Å². The summed E-state index contributed by atoms with van der Waals surface area (Å²) in [5.74, 6) is -2.70. The van der Waals surface area contributed by atoms with Crippen molar-refractivity contribution < 1.29 is 26.4 Å². The van der Waals surface area contributed by atoms with E-state index in [0.717, 1.165) is 23.5 Å². The second-order valence-electron chi connectivity index (χ2n) is 6.76. The number of anilines is 1. The quantitative estimate of drug-likeness (QED) is 0.586. The predicted molar refractivity (Wildman–Crippen MR) is 109 cm³/mol. The van der Waals surface area contributed by atoms with Crippen LogP contribution in [0, 0.1) is 17.6 Å². The molecule has 2 aromatic heterocycles. The SMILES string of the molecule is O=C(Nc1nnc(-c2ccc(F)cc2F)o1)C1CCN(S(=O)(=O)c2ccc(Cl)s2)CC1. The number of piperidine rings is 1. The summed E-state index contributed by atoms with van der Waals surface area (Å²) in [5, 5.41) is 9.79. The number of hydrogen-bond donors (Lipinski definition) is 1. The maximum Gasteiger partial charge on any atom is 0.322 e. The fraction of sp³-hybridized carbons (Fsp3) is 0.278. The van der Waals surface area contributed by atoms with E-state index in [2.05, 4.69) is 15.5 Å². The molecule has 3 aromatic rings. The molecule has 1 N–H and O–H groups in total. The average molecular weight is 489 g/mol. The lowest BCUT2D eigenvalue weighted by atomic mass is 9.97. The van der Waals surface area contributed by atoms with Crippen molar-refractivity contribution in [3.8, 4) is 11.5 Å². The number of rotatable bonds is 5. The number of nitrogens with one attached hydrogen (secondary N) is 1. The maximum absolute atomic E-state index is 13.8. The molecule has 4 rings (SSSR count). The van der Waals surface area contributed by atoms with Crippen molar-refractivity contribution in [1.29, 1.82) is 0 Å². The third-order valence-corrected chi connectivity index (χ3v) is 8.38. The van der Waals surface area contributed by atoms with Crippen molar-refractivity contribution in [2.75, 3.05) is 18.4 Å². The van der Waals surface area contributed by atoms with Crippen molar-refractivity contribution >= 4 is 44.9 Å². The number of halogens is 3. The van der Waals surface area contributed by atoms with E-state index in [-0.39, 0.29) is 34.8 Å². The third-order valence-electron chi connectivity index (χ3n) is 4.78. The highest BCUT2D eigenvalue weighted by Gasteiger charge is 2.33. The van der Waals surface area contributed by atoms with E-state index in [4.69, 9.17) is 16.0 Å². The largest absolute Gasteiger partial charge is 0.403 e. The van der Waals surface area contributed by atoms with Gasteiger partial charge in [-0.05, 0) is 37.1 Å². The zero-order valence-corrected chi connectivity index (χ0v) is 18.1. The number of benzene rings is 1. The molecule has 1 aliphatic heterocycles. The zero-order valence-electron chi connectivity index (χ0n) is 15.7. The zero-order chi connectivity index (χ0) is 22.2. The summed E-state index contributed by atoms with van der Waals surface area (Å²) in [6.07, 6.45) is 0.607. The van der Waals surface area contributed by atoms with Crippen LogP contribution in [-0.4, -0.2) is 41.9 Å². The summed E-state index contributed by atoms with van der Waals surface area (Å²) < 4.78 is 59.3. The lowest BCUT2D eigenvalue weighted by molar-refractivity contribution is -0.121. The molecule has 0 spiro atoms. The van der Waals surface area contributed by atoms with Crippen LogP contribution in [0.1, 0.15) is 12.8 Å². The van der Waals surface area contributed by atoms with Gasteiger partial charge in [0.1, 0.15) is 15.8 Å². The molecule has 0 unspecified atom stereocenters. The van der Waals surface area contributed by atoms with Gasteiger partial charge < -0.3 is 4.42 Å². The molecule has 3 heterocycles. The van der Waals surface area contributed by atoms with Crippen molar-refractivity contribution in [1.82, 2.24) is 14.5 Å². The number of sulfonamides is 1. The topological polar surface area (TPSA) is 105 Å². The lowest BCUT2D eigenvalue weighted by Crippen LogP contribution is -2.41. The highest BCUT2D eigenvalue weighted by atomic mass is 35.5. The first kappa shape index (κ1) is 21.8. The normalized spacial score (nSPS) is 15.8. The molecule has 1 aromatic carbocycles. The number of carbonyl (C=O) groups is 1. The van der Waals surface area contributed by atoms with Crippen LogP contribution in [-0.2, 0) is 14.8 Å². The van der Waals surface area contributed by atoms with Crippen LogP contribution in [0.5, 0.6) is 0 Å². The van der Waals surface area contributed by atoms with E-state index >= 15 is 0 Å². The molecule has 164 valence electrons. The molecule has 0 saturated carbocycles. The summed E-state index contributed by atoms with van der Waals surface area (Å²) >= 11 is 6.81. The van der Waals surface area contributed by atoms with Gasteiger partial charge in [-0.15, -0.1) is 16.4 Å². The molecule has 8 nitrogen and oxygen atoms in total. The maximum atomic E-state index is 13.8. The first-order valence-corrected chi connectivity index (χ1v) is 11.7. The molecule has 1 aliphatic rings. The van der Waals surface area contributed by atoms with Crippen LogP contribution in [0.15, 0.2) is 39.0 Å². The Labute approximate surface area is 184 Å². The monoisotopic (exact) mass is 488 g/mol. The summed E-state index contributed by atoms with van der Waals surface area (Å²) in [6, 6.07) is 5.64. The molecule has 1 saturated heterocycles. The molecule has 0 bridgehead atoms. The Morgan fingerprint density at radius 1 is 1.19 bits per heavy atom.